The van der Waals surface area contributed by atoms with Crippen LogP contribution in [0.15, 0.2) is 30.3 Å². The first-order valence-electron chi connectivity index (χ1n) is 6.26. The summed E-state index contributed by atoms with van der Waals surface area (Å²) in [4.78, 5) is 14.3. The van der Waals surface area contributed by atoms with Crippen LogP contribution in [0.4, 0.5) is 0 Å². The van der Waals surface area contributed by atoms with Crippen LogP contribution in [-0.2, 0) is 4.79 Å². The van der Waals surface area contributed by atoms with Crippen molar-refractivity contribution < 1.29 is 4.79 Å². The van der Waals surface area contributed by atoms with Crippen molar-refractivity contribution in [2.75, 3.05) is 6.54 Å². The number of rotatable bonds is 3. The molecule has 0 bridgehead atoms. The molecule has 0 aliphatic carbocycles. The number of hydrogen-bond acceptors (Lipinski definition) is 2. The molecule has 0 spiro atoms. The fraction of sp³-hybridized carbons (Fsp3) is 0.500. The van der Waals surface area contributed by atoms with E-state index in [-0.39, 0.29) is 12.1 Å². The van der Waals surface area contributed by atoms with E-state index in [4.69, 9.17) is 0 Å². The fourth-order valence-electron chi connectivity index (χ4n) is 2.35. The van der Waals surface area contributed by atoms with Gasteiger partial charge in [0.1, 0.15) is 6.17 Å². The smallest absolute Gasteiger partial charge is 0.244 e. The molecule has 1 N–H and O–H groups in total. The van der Waals surface area contributed by atoms with Crippen LogP contribution in [0.1, 0.15) is 38.9 Å². The summed E-state index contributed by atoms with van der Waals surface area (Å²) in [5, 5.41) is 3.46. The third kappa shape index (κ3) is 1.95. The van der Waals surface area contributed by atoms with E-state index >= 15 is 0 Å². The molecule has 92 valence electrons. The number of hydrogen-bond donors (Lipinski definition) is 1. The Bertz CT molecular complexity index is 404. The van der Waals surface area contributed by atoms with Crippen LogP contribution >= 0.6 is 0 Å². The molecule has 17 heavy (non-hydrogen) atoms. The highest BCUT2D eigenvalue weighted by molar-refractivity contribution is 5.88. The van der Waals surface area contributed by atoms with Crippen LogP contribution < -0.4 is 5.32 Å². The van der Waals surface area contributed by atoms with Gasteiger partial charge in [-0.1, -0.05) is 37.3 Å². The van der Waals surface area contributed by atoms with E-state index < -0.39 is 5.54 Å². The van der Waals surface area contributed by atoms with Gasteiger partial charge in [0.2, 0.25) is 5.91 Å². The number of benzene rings is 1. The van der Waals surface area contributed by atoms with Gasteiger partial charge < -0.3 is 4.90 Å². The minimum atomic E-state index is -0.420. The predicted molar refractivity (Wildman–Crippen MR) is 68.4 cm³/mol. The summed E-state index contributed by atoms with van der Waals surface area (Å²) in [6.07, 6.45) is 0.824. The molecule has 1 aromatic rings. The summed E-state index contributed by atoms with van der Waals surface area (Å²) in [5.74, 6) is 0.205. The van der Waals surface area contributed by atoms with Gasteiger partial charge in [-0.25, -0.2) is 0 Å². The predicted octanol–water partition coefficient (Wildman–Crippen LogP) is 2.31. The average molecular weight is 232 g/mol. The Labute approximate surface area is 103 Å². The molecular weight excluding hydrogens is 212 g/mol. The lowest BCUT2D eigenvalue weighted by atomic mass is 9.99. The molecule has 2 rings (SSSR count). The van der Waals surface area contributed by atoms with Crippen molar-refractivity contribution in [3.05, 3.63) is 35.9 Å². The Kier molecular flexibility index (Phi) is 3.20. The standard InChI is InChI=1S/C14H20N2O/c1-4-14(3)13(17)16(5-2)12(15-14)11-9-7-6-8-10-11/h6-10,12,15H,4-5H2,1-3H3. The molecular formula is C14H20N2O. The van der Waals surface area contributed by atoms with Crippen molar-refractivity contribution in [1.82, 2.24) is 10.2 Å². The second-order valence-electron chi connectivity index (χ2n) is 4.73. The summed E-state index contributed by atoms with van der Waals surface area (Å²) in [7, 11) is 0. The van der Waals surface area contributed by atoms with E-state index in [0.29, 0.717) is 0 Å². The Hall–Kier alpha value is -1.35. The molecule has 2 unspecified atom stereocenters. The third-order valence-electron chi connectivity index (χ3n) is 3.66. The summed E-state index contributed by atoms with van der Waals surface area (Å²) in [6, 6.07) is 10.1. The molecule has 1 heterocycles. The number of carbonyl (C=O) groups excluding carboxylic acids is 1. The zero-order chi connectivity index (χ0) is 12.5. The van der Waals surface area contributed by atoms with Crippen LogP contribution in [0.2, 0.25) is 0 Å². The van der Waals surface area contributed by atoms with Crippen molar-refractivity contribution in [3.8, 4) is 0 Å². The molecule has 1 saturated heterocycles. The van der Waals surface area contributed by atoms with E-state index in [2.05, 4.69) is 17.4 Å². The minimum absolute atomic E-state index is 0.0126. The van der Waals surface area contributed by atoms with E-state index in [0.717, 1.165) is 18.5 Å². The molecule has 0 radical (unpaired) electrons. The van der Waals surface area contributed by atoms with Gasteiger partial charge in [-0.2, -0.15) is 0 Å². The molecule has 1 aliphatic heterocycles. The lowest BCUT2D eigenvalue weighted by Crippen LogP contribution is -2.42. The van der Waals surface area contributed by atoms with Gasteiger partial charge >= 0.3 is 0 Å². The molecule has 1 aromatic carbocycles. The molecule has 3 nitrogen and oxygen atoms in total. The maximum Gasteiger partial charge on any atom is 0.244 e. The molecule has 0 saturated carbocycles. The molecule has 0 aromatic heterocycles. The topological polar surface area (TPSA) is 32.3 Å². The first-order valence-corrected chi connectivity index (χ1v) is 6.26. The summed E-state index contributed by atoms with van der Waals surface area (Å²) in [5.41, 5.74) is 0.733. The number of nitrogens with one attached hydrogen (secondary N) is 1. The van der Waals surface area contributed by atoms with Crippen molar-refractivity contribution in [1.29, 1.82) is 0 Å². The second-order valence-corrected chi connectivity index (χ2v) is 4.73. The normalized spacial score (nSPS) is 28.8. The van der Waals surface area contributed by atoms with Gasteiger partial charge in [-0.15, -0.1) is 0 Å². The lowest BCUT2D eigenvalue weighted by Gasteiger charge is -2.22. The van der Waals surface area contributed by atoms with Gasteiger partial charge in [0.25, 0.3) is 0 Å². The van der Waals surface area contributed by atoms with Gasteiger partial charge in [0.05, 0.1) is 5.54 Å². The van der Waals surface area contributed by atoms with E-state index in [9.17, 15) is 4.79 Å². The van der Waals surface area contributed by atoms with Crippen LogP contribution in [0.25, 0.3) is 0 Å². The highest BCUT2D eigenvalue weighted by Crippen LogP contribution is 2.31. The van der Waals surface area contributed by atoms with Crippen molar-refractivity contribution in [3.63, 3.8) is 0 Å². The number of carbonyl (C=O) groups is 1. The molecule has 1 aliphatic rings. The van der Waals surface area contributed by atoms with Crippen molar-refractivity contribution in [2.24, 2.45) is 0 Å². The maximum atomic E-state index is 12.3. The Balaban J connectivity index is 2.33. The zero-order valence-corrected chi connectivity index (χ0v) is 10.7. The Morgan fingerprint density at radius 2 is 1.94 bits per heavy atom. The second kappa shape index (κ2) is 4.49. The zero-order valence-electron chi connectivity index (χ0n) is 10.7. The van der Waals surface area contributed by atoms with Crippen LogP contribution in [-0.4, -0.2) is 22.9 Å². The van der Waals surface area contributed by atoms with Crippen LogP contribution in [0, 0.1) is 0 Å². The SMILES string of the molecule is CCN1C(=O)C(C)(CC)NC1c1ccccc1. The maximum absolute atomic E-state index is 12.3. The molecule has 1 fully saturated rings. The number of nitrogens with zero attached hydrogens (tertiary/aromatic N) is 1. The highest BCUT2D eigenvalue weighted by Gasteiger charge is 2.46. The van der Waals surface area contributed by atoms with Gasteiger partial charge in [-0.3, -0.25) is 10.1 Å². The number of likely N-dealkylation sites (N-methyl/N-ethyl adjacent to an activating group) is 1. The van der Waals surface area contributed by atoms with Gasteiger partial charge in [0.15, 0.2) is 0 Å². The van der Waals surface area contributed by atoms with E-state index in [1.165, 1.54) is 0 Å². The van der Waals surface area contributed by atoms with E-state index in [1.54, 1.807) is 0 Å². The summed E-state index contributed by atoms with van der Waals surface area (Å²) in [6.45, 7) is 6.80. The first-order chi connectivity index (χ1) is 8.12. The Morgan fingerprint density at radius 3 is 2.47 bits per heavy atom. The van der Waals surface area contributed by atoms with Gasteiger partial charge in [-0.05, 0) is 25.8 Å². The summed E-state index contributed by atoms with van der Waals surface area (Å²) < 4.78 is 0. The lowest BCUT2D eigenvalue weighted by molar-refractivity contribution is -0.132. The summed E-state index contributed by atoms with van der Waals surface area (Å²) >= 11 is 0. The fourth-order valence-corrected chi connectivity index (χ4v) is 2.35. The largest absolute Gasteiger partial charge is 0.322 e. The molecule has 1 amide bonds. The minimum Gasteiger partial charge on any atom is -0.322 e. The highest BCUT2D eigenvalue weighted by atomic mass is 16.2. The van der Waals surface area contributed by atoms with Crippen molar-refractivity contribution in [2.45, 2.75) is 38.9 Å². The first kappa shape index (κ1) is 12.1. The van der Waals surface area contributed by atoms with Gasteiger partial charge in [0, 0.05) is 6.54 Å². The molecule has 2 atom stereocenters. The van der Waals surface area contributed by atoms with Crippen molar-refractivity contribution >= 4 is 5.91 Å². The van der Waals surface area contributed by atoms with Crippen LogP contribution in [0.5, 0.6) is 0 Å². The quantitative estimate of drug-likeness (QED) is 0.867. The van der Waals surface area contributed by atoms with Crippen LogP contribution in [0.3, 0.4) is 0 Å². The average Bonchev–Trinajstić information content (AvgIpc) is 2.64. The third-order valence-corrected chi connectivity index (χ3v) is 3.66. The monoisotopic (exact) mass is 232 g/mol. The van der Waals surface area contributed by atoms with E-state index in [1.807, 2.05) is 43.9 Å². The Morgan fingerprint density at radius 1 is 1.29 bits per heavy atom. The number of amides is 1. The molecule has 3 heteroatoms.